The van der Waals surface area contributed by atoms with Crippen molar-refractivity contribution in [3.05, 3.63) is 27.7 Å². The predicted octanol–water partition coefficient (Wildman–Crippen LogP) is 1.27. The summed E-state index contributed by atoms with van der Waals surface area (Å²) in [4.78, 5) is 15.0. The maximum atomic E-state index is 11.2. The molecule has 0 saturated heterocycles. The van der Waals surface area contributed by atoms with Crippen LogP contribution in [0.15, 0.2) is 16.4 Å². The van der Waals surface area contributed by atoms with E-state index in [0.29, 0.717) is 28.0 Å². The maximum absolute atomic E-state index is 11.2. The molecule has 0 bridgehead atoms. The molecule has 0 aliphatic carbocycles. The van der Waals surface area contributed by atoms with Crippen LogP contribution in [0.5, 0.6) is 0 Å². The molecular weight excluding hydrogens is 282 g/mol. The summed E-state index contributed by atoms with van der Waals surface area (Å²) < 4.78 is 3.20. The normalized spacial score (nSPS) is 11.0. The molecule has 0 spiro atoms. The summed E-state index contributed by atoms with van der Waals surface area (Å²) in [5.74, 6) is 0. The van der Waals surface area contributed by atoms with Crippen LogP contribution >= 0.6 is 11.8 Å². The van der Waals surface area contributed by atoms with Crippen LogP contribution in [0.25, 0.3) is 0 Å². The number of imidazole rings is 1. The van der Waals surface area contributed by atoms with Crippen molar-refractivity contribution in [2.75, 3.05) is 0 Å². The zero-order chi connectivity index (χ0) is 14.9. The summed E-state index contributed by atoms with van der Waals surface area (Å²) in [7, 11) is 3.42. The van der Waals surface area contributed by atoms with E-state index in [2.05, 4.69) is 10.1 Å². The second-order valence-corrected chi connectivity index (χ2v) is 5.14. The minimum atomic E-state index is -0.413. The summed E-state index contributed by atoms with van der Waals surface area (Å²) in [6.45, 7) is 1.70. The molecule has 108 valence electrons. The number of aliphatic hydroxyl groups is 1. The van der Waals surface area contributed by atoms with Crippen LogP contribution in [0.4, 0.5) is 5.69 Å². The summed E-state index contributed by atoms with van der Waals surface area (Å²) in [6.07, 6.45) is 2.04. The number of nitro groups is 1. The van der Waals surface area contributed by atoms with Crippen LogP contribution in [0, 0.1) is 10.1 Å². The molecule has 0 unspecified atom stereocenters. The lowest BCUT2D eigenvalue weighted by atomic mass is 10.3. The van der Waals surface area contributed by atoms with Crippen molar-refractivity contribution in [2.45, 2.75) is 30.1 Å². The van der Waals surface area contributed by atoms with E-state index in [1.165, 1.54) is 16.4 Å². The third kappa shape index (κ3) is 2.41. The van der Waals surface area contributed by atoms with Crippen molar-refractivity contribution in [2.24, 2.45) is 14.1 Å². The van der Waals surface area contributed by atoms with Crippen LogP contribution < -0.4 is 0 Å². The molecule has 0 fully saturated rings. The smallest absolute Gasteiger partial charge is 0.324 e. The van der Waals surface area contributed by atoms with Crippen LogP contribution in [-0.2, 0) is 27.1 Å². The third-order valence-electron chi connectivity index (χ3n) is 2.95. The van der Waals surface area contributed by atoms with Crippen LogP contribution in [0.3, 0.4) is 0 Å². The van der Waals surface area contributed by atoms with Gasteiger partial charge in [-0.3, -0.25) is 14.8 Å². The van der Waals surface area contributed by atoms with Crippen molar-refractivity contribution >= 4 is 17.4 Å². The molecule has 20 heavy (non-hydrogen) atoms. The topological polar surface area (TPSA) is 99.0 Å². The number of aryl methyl sites for hydroxylation is 2. The monoisotopic (exact) mass is 297 g/mol. The molecule has 2 aromatic heterocycles. The van der Waals surface area contributed by atoms with E-state index >= 15 is 0 Å². The first-order valence-electron chi connectivity index (χ1n) is 5.99. The highest BCUT2D eigenvalue weighted by Gasteiger charge is 2.27. The lowest BCUT2D eigenvalue weighted by Gasteiger charge is -2.03. The van der Waals surface area contributed by atoms with Gasteiger partial charge in [-0.2, -0.15) is 5.10 Å². The second-order valence-electron chi connectivity index (χ2n) is 4.19. The molecule has 8 nitrogen and oxygen atoms in total. The number of hydrogen-bond donors (Lipinski definition) is 1. The maximum Gasteiger partial charge on any atom is 0.324 e. The van der Waals surface area contributed by atoms with Gasteiger partial charge in [-0.05, 0) is 18.2 Å². The highest BCUT2D eigenvalue weighted by atomic mass is 32.2. The van der Waals surface area contributed by atoms with Crippen molar-refractivity contribution in [1.82, 2.24) is 19.3 Å². The molecule has 9 heteroatoms. The van der Waals surface area contributed by atoms with Gasteiger partial charge in [-0.15, -0.1) is 0 Å². The lowest BCUT2D eigenvalue weighted by molar-refractivity contribution is -0.388. The fourth-order valence-electron chi connectivity index (χ4n) is 1.84. The second kappa shape index (κ2) is 5.63. The predicted molar refractivity (Wildman–Crippen MR) is 72.5 cm³/mol. The van der Waals surface area contributed by atoms with Crippen molar-refractivity contribution in [3.63, 3.8) is 0 Å². The van der Waals surface area contributed by atoms with Gasteiger partial charge < -0.3 is 9.67 Å². The molecule has 0 aromatic carbocycles. The minimum Gasteiger partial charge on any atom is -0.390 e. The van der Waals surface area contributed by atoms with E-state index in [1.807, 2.05) is 6.92 Å². The Balaban J connectivity index is 2.45. The van der Waals surface area contributed by atoms with E-state index in [1.54, 1.807) is 24.9 Å². The number of aliphatic hydroxyl groups excluding tert-OH is 1. The summed E-state index contributed by atoms with van der Waals surface area (Å²) >= 11 is 1.17. The van der Waals surface area contributed by atoms with Crippen molar-refractivity contribution in [1.29, 1.82) is 0 Å². The van der Waals surface area contributed by atoms with Gasteiger partial charge in [-0.25, -0.2) is 4.98 Å². The molecule has 0 saturated carbocycles. The highest BCUT2D eigenvalue weighted by Crippen LogP contribution is 2.36. The Morgan fingerprint density at radius 2 is 2.20 bits per heavy atom. The van der Waals surface area contributed by atoms with Gasteiger partial charge in [0.25, 0.3) is 0 Å². The van der Waals surface area contributed by atoms with Crippen LogP contribution in [0.1, 0.15) is 18.3 Å². The number of nitrogens with zero attached hydrogens (tertiary/aromatic N) is 5. The largest absolute Gasteiger partial charge is 0.390 e. The molecule has 0 atom stereocenters. The molecule has 2 aromatic rings. The van der Waals surface area contributed by atoms with Gasteiger partial charge in [0.05, 0.1) is 23.4 Å². The van der Waals surface area contributed by atoms with Gasteiger partial charge in [0.2, 0.25) is 0 Å². The first-order valence-corrected chi connectivity index (χ1v) is 6.80. The molecule has 1 N–H and O–H groups in total. The first kappa shape index (κ1) is 14.5. The summed E-state index contributed by atoms with van der Waals surface area (Å²) in [5, 5.41) is 25.5. The average molecular weight is 297 g/mol. The Hall–Kier alpha value is -1.87. The highest BCUT2D eigenvalue weighted by molar-refractivity contribution is 7.99. The van der Waals surface area contributed by atoms with Gasteiger partial charge in [0.15, 0.2) is 10.2 Å². The standard InChI is InChI=1S/C11H15N5O3S/c1-4-8-9(16(18)19)10(15(3)13-8)20-11-12-5-7(6-17)14(11)2/h5,17H,4,6H2,1-3H3. The average Bonchev–Trinajstić information content (AvgIpc) is 2.92. The fraction of sp³-hybridized carbons (Fsp3) is 0.455. The van der Waals surface area contributed by atoms with E-state index in [0.717, 1.165) is 0 Å². The van der Waals surface area contributed by atoms with Crippen LogP contribution in [0.2, 0.25) is 0 Å². The van der Waals surface area contributed by atoms with E-state index in [9.17, 15) is 10.1 Å². The van der Waals surface area contributed by atoms with E-state index in [-0.39, 0.29) is 12.3 Å². The van der Waals surface area contributed by atoms with Gasteiger partial charge in [0.1, 0.15) is 5.69 Å². The molecule has 0 radical (unpaired) electrons. The lowest BCUT2D eigenvalue weighted by Crippen LogP contribution is -2.00. The zero-order valence-corrected chi connectivity index (χ0v) is 12.2. The third-order valence-corrected chi connectivity index (χ3v) is 4.16. The summed E-state index contributed by atoms with van der Waals surface area (Å²) in [6, 6.07) is 0. The fourth-order valence-corrected chi connectivity index (χ4v) is 2.84. The molecule has 2 heterocycles. The molecule has 0 aliphatic heterocycles. The Bertz CT molecular complexity index is 649. The van der Waals surface area contributed by atoms with Gasteiger partial charge in [0, 0.05) is 14.1 Å². The first-order chi connectivity index (χ1) is 9.49. The van der Waals surface area contributed by atoms with Crippen molar-refractivity contribution in [3.8, 4) is 0 Å². The van der Waals surface area contributed by atoms with Crippen LogP contribution in [-0.4, -0.2) is 29.4 Å². The Labute approximate surface area is 119 Å². The number of rotatable bonds is 5. The molecule has 0 aliphatic rings. The van der Waals surface area contributed by atoms with Gasteiger partial charge >= 0.3 is 5.69 Å². The molecular formula is C11H15N5O3S. The Morgan fingerprint density at radius 3 is 2.70 bits per heavy atom. The SMILES string of the molecule is CCc1nn(C)c(Sc2ncc(CO)n2C)c1[N+](=O)[O-]. The number of hydrogen-bond acceptors (Lipinski definition) is 6. The number of aromatic nitrogens is 4. The Kier molecular flexibility index (Phi) is 4.09. The minimum absolute atomic E-state index is 0.0218. The molecule has 0 amide bonds. The zero-order valence-electron chi connectivity index (χ0n) is 11.4. The molecule has 2 rings (SSSR count). The quantitative estimate of drug-likeness (QED) is 0.659. The summed E-state index contributed by atoms with van der Waals surface area (Å²) in [5.41, 5.74) is 1.12. The van der Waals surface area contributed by atoms with Gasteiger partial charge in [-0.1, -0.05) is 6.92 Å². The van der Waals surface area contributed by atoms with E-state index < -0.39 is 4.92 Å². The Morgan fingerprint density at radius 1 is 1.50 bits per heavy atom. The van der Waals surface area contributed by atoms with E-state index in [4.69, 9.17) is 5.11 Å². The van der Waals surface area contributed by atoms with Crippen molar-refractivity contribution < 1.29 is 10.0 Å².